The number of hydrogen-bond acceptors (Lipinski definition) is 3. The van der Waals surface area contributed by atoms with Crippen LogP contribution in [0.2, 0.25) is 0 Å². The van der Waals surface area contributed by atoms with Gasteiger partial charge in [-0.1, -0.05) is 18.2 Å². The molecule has 0 aliphatic carbocycles. The SMILES string of the molecule is FC(F)(F)Oc1cc(Oc2[c]cccc2)cc(OC(F)(F)F)c1. The van der Waals surface area contributed by atoms with Crippen LogP contribution in [0.4, 0.5) is 26.3 Å². The first kappa shape index (κ1) is 16.8. The van der Waals surface area contributed by atoms with Gasteiger partial charge in [0.1, 0.15) is 23.0 Å². The molecule has 2 aromatic rings. The molecule has 23 heavy (non-hydrogen) atoms. The Hall–Kier alpha value is -2.58. The van der Waals surface area contributed by atoms with Crippen LogP contribution in [0.5, 0.6) is 23.0 Å². The summed E-state index contributed by atoms with van der Waals surface area (Å²) in [4.78, 5) is 0. The molecule has 0 spiro atoms. The lowest BCUT2D eigenvalue weighted by atomic mass is 10.3. The summed E-state index contributed by atoms with van der Waals surface area (Å²) in [5.74, 6) is -2.07. The van der Waals surface area contributed by atoms with E-state index in [1.165, 1.54) is 12.1 Å². The maximum atomic E-state index is 12.2. The lowest BCUT2D eigenvalue weighted by Gasteiger charge is -2.14. The van der Waals surface area contributed by atoms with Crippen LogP contribution in [-0.4, -0.2) is 12.7 Å². The number of halogens is 6. The van der Waals surface area contributed by atoms with Crippen molar-refractivity contribution in [1.82, 2.24) is 0 Å². The Labute approximate surface area is 126 Å². The van der Waals surface area contributed by atoms with Crippen molar-refractivity contribution in [2.24, 2.45) is 0 Å². The standard InChI is InChI=1S/C14H7F6O3/c15-13(16,17)22-11-6-10(21-9-4-2-1-3-5-9)7-12(8-11)23-14(18,19)20/h1-4,6-8H. The highest BCUT2D eigenvalue weighted by atomic mass is 19.4. The molecule has 2 aromatic carbocycles. The van der Waals surface area contributed by atoms with Crippen LogP contribution in [0, 0.1) is 6.07 Å². The van der Waals surface area contributed by atoms with Crippen molar-refractivity contribution in [2.75, 3.05) is 0 Å². The molecule has 0 heterocycles. The second-order valence-corrected chi connectivity index (χ2v) is 4.06. The minimum Gasteiger partial charge on any atom is -0.456 e. The maximum absolute atomic E-state index is 12.2. The smallest absolute Gasteiger partial charge is 0.456 e. The van der Waals surface area contributed by atoms with Crippen LogP contribution >= 0.6 is 0 Å². The summed E-state index contributed by atoms with van der Waals surface area (Å²) in [5, 5.41) is 0. The number of alkyl halides is 6. The van der Waals surface area contributed by atoms with E-state index in [0.29, 0.717) is 6.07 Å². The van der Waals surface area contributed by atoms with Gasteiger partial charge in [0.25, 0.3) is 0 Å². The van der Waals surface area contributed by atoms with Crippen LogP contribution in [0.25, 0.3) is 0 Å². The Bertz CT molecular complexity index is 618. The summed E-state index contributed by atoms with van der Waals surface area (Å²) < 4.78 is 85.8. The van der Waals surface area contributed by atoms with Gasteiger partial charge in [-0.05, 0) is 6.07 Å². The molecule has 0 bridgehead atoms. The first-order chi connectivity index (χ1) is 10.6. The fraction of sp³-hybridized carbons (Fsp3) is 0.143. The minimum absolute atomic E-state index is 0.0922. The summed E-state index contributed by atoms with van der Waals surface area (Å²) in [6.07, 6.45) is -10.2. The van der Waals surface area contributed by atoms with Crippen molar-refractivity contribution in [2.45, 2.75) is 12.7 Å². The van der Waals surface area contributed by atoms with Gasteiger partial charge in [-0.15, -0.1) is 26.3 Å². The molecule has 123 valence electrons. The van der Waals surface area contributed by atoms with E-state index >= 15 is 0 Å². The fourth-order valence-corrected chi connectivity index (χ4v) is 1.56. The molecule has 3 nitrogen and oxygen atoms in total. The third-order valence-corrected chi connectivity index (χ3v) is 2.23. The zero-order valence-electron chi connectivity index (χ0n) is 11.0. The molecular formula is C14H7F6O3. The average Bonchev–Trinajstić information content (AvgIpc) is 2.35. The molecule has 9 heteroatoms. The van der Waals surface area contributed by atoms with Crippen molar-refractivity contribution in [3.05, 3.63) is 48.5 Å². The van der Waals surface area contributed by atoms with Gasteiger partial charge in [-0.25, -0.2) is 0 Å². The molecular weight excluding hydrogens is 330 g/mol. The molecule has 0 aliphatic rings. The molecule has 0 aliphatic heterocycles. The number of ether oxygens (including phenoxy) is 3. The van der Waals surface area contributed by atoms with Crippen LogP contribution < -0.4 is 14.2 Å². The quantitative estimate of drug-likeness (QED) is 0.729. The molecule has 0 aromatic heterocycles. The number of benzene rings is 2. The highest BCUT2D eigenvalue weighted by molar-refractivity contribution is 5.44. The fourth-order valence-electron chi connectivity index (χ4n) is 1.56. The number of hydrogen-bond donors (Lipinski definition) is 0. The van der Waals surface area contributed by atoms with Crippen molar-refractivity contribution in [3.8, 4) is 23.0 Å². The van der Waals surface area contributed by atoms with Crippen molar-refractivity contribution in [1.29, 1.82) is 0 Å². The summed E-state index contributed by atoms with van der Waals surface area (Å²) >= 11 is 0. The van der Waals surface area contributed by atoms with Crippen LogP contribution in [-0.2, 0) is 0 Å². The van der Waals surface area contributed by atoms with Crippen molar-refractivity contribution >= 4 is 0 Å². The van der Waals surface area contributed by atoms with Crippen molar-refractivity contribution in [3.63, 3.8) is 0 Å². The molecule has 0 atom stereocenters. The van der Waals surface area contributed by atoms with E-state index < -0.39 is 24.2 Å². The van der Waals surface area contributed by atoms with Gasteiger partial charge >= 0.3 is 12.7 Å². The molecule has 0 saturated carbocycles. The highest BCUT2D eigenvalue weighted by Gasteiger charge is 2.34. The Morgan fingerprint density at radius 1 is 0.739 bits per heavy atom. The van der Waals surface area contributed by atoms with Crippen molar-refractivity contribution < 1.29 is 40.6 Å². The summed E-state index contributed by atoms with van der Waals surface area (Å²) in [7, 11) is 0. The van der Waals surface area contributed by atoms with E-state index in [1.54, 1.807) is 12.1 Å². The molecule has 0 saturated heterocycles. The molecule has 0 unspecified atom stereocenters. The van der Waals surface area contributed by atoms with Gasteiger partial charge < -0.3 is 14.2 Å². The van der Waals surface area contributed by atoms with Gasteiger partial charge in [-0.2, -0.15) is 0 Å². The van der Waals surface area contributed by atoms with E-state index in [2.05, 4.69) is 15.5 Å². The third-order valence-electron chi connectivity index (χ3n) is 2.23. The number of rotatable bonds is 4. The van der Waals surface area contributed by atoms with Gasteiger partial charge in [-0.3, -0.25) is 0 Å². The zero-order valence-corrected chi connectivity index (χ0v) is 11.0. The van der Waals surface area contributed by atoms with Crippen LogP contribution in [0.15, 0.2) is 42.5 Å². The topological polar surface area (TPSA) is 27.7 Å². The molecule has 0 amide bonds. The predicted molar refractivity (Wildman–Crippen MR) is 65.2 cm³/mol. The molecule has 0 N–H and O–H groups in total. The summed E-state index contributed by atoms with van der Waals surface area (Å²) in [6, 6.07) is 10.6. The largest absolute Gasteiger partial charge is 0.573 e. The van der Waals surface area contributed by atoms with Gasteiger partial charge in [0.05, 0.1) is 0 Å². The lowest BCUT2D eigenvalue weighted by Crippen LogP contribution is -2.19. The predicted octanol–water partition coefficient (Wildman–Crippen LogP) is 5.08. The van der Waals surface area contributed by atoms with Gasteiger partial charge in [0.15, 0.2) is 0 Å². The van der Waals surface area contributed by atoms with E-state index in [1.807, 2.05) is 0 Å². The maximum Gasteiger partial charge on any atom is 0.573 e. The Morgan fingerprint density at radius 3 is 1.70 bits per heavy atom. The van der Waals surface area contributed by atoms with Gasteiger partial charge in [0.2, 0.25) is 0 Å². The minimum atomic E-state index is -5.08. The van der Waals surface area contributed by atoms with Crippen LogP contribution in [0.1, 0.15) is 0 Å². The van der Waals surface area contributed by atoms with E-state index in [0.717, 1.165) is 12.1 Å². The second kappa shape index (κ2) is 6.27. The molecule has 0 fully saturated rings. The van der Waals surface area contributed by atoms with E-state index in [9.17, 15) is 26.3 Å². The zero-order chi connectivity index (χ0) is 17.1. The average molecular weight is 337 g/mol. The summed E-state index contributed by atoms with van der Waals surface area (Å²) in [5.41, 5.74) is 0. The second-order valence-electron chi connectivity index (χ2n) is 4.06. The van der Waals surface area contributed by atoms with Crippen LogP contribution in [0.3, 0.4) is 0 Å². The van der Waals surface area contributed by atoms with E-state index in [4.69, 9.17) is 4.74 Å². The molecule has 2 rings (SSSR count). The first-order valence-electron chi connectivity index (χ1n) is 5.92. The third kappa shape index (κ3) is 5.97. The lowest BCUT2D eigenvalue weighted by molar-refractivity contribution is -0.276. The Kier molecular flexibility index (Phi) is 4.57. The number of para-hydroxylation sites is 1. The highest BCUT2D eigenvalue weighted by Crippen LogP contribution is 2.35. The Balaban J connectivity index is 2.32. The van der Waals surface area contributed by atoms with Gasteiger partial charge in [0, 0.05) is 24.3 Å². The molecule has 1 radical (unpaired) electrons. The summed E-state index contributed by atoms with van der Waals surface area (Å²) in [6.45, 7) is 0. The normalized spacial score (nSPS) is 11.9. The monoisotopic (exact) mass is 337 g/mol. The van der Waals surface area contributed by atoms with E-state index in [-0.39, 0.29) is 11.5 Å². The Morgan fingerprint density at radius 2 is 1.26 bits per heavy atom. The first-order valence-corrected chi connectivity index (χ1v) is 5.92.